The lowest BCUT2D eigenvalue weighted by molar-refractivity contribution is 1.70. The van der Waals surface area contributed by atoms with Crippen LogP contribution in [-0.4, -0.2) is 0 Å². The fourth-order valence-electron chi connectivity index (χ4n) is 3.47. The van der Waals surface area contributed by atoms with E-state index < -0.39 is 0 Å². The van der Waals surface area contributed by atoms with Gasteiger partial charge in [0.2, 0.25) is 0 Å². The first-order valence-corrected chi connectivity index (χ1v) is 6.89. The lowest BCUT2D eigenvalue weighted by Crippen LogP contribution is -1.80. The van der Waals surface area contributed by atoms with Gasteiger partial charge in [0.05, 0.1) is 0 Å². The lowest BCUT2D eigenvalue weighted by Gasteiger charge is -2.07. The van der Waals surface area contributed by atoms with Crippen molar-refractivity contribution in [3.05, 3.63) is 72.8 Å². The zero-order chi connectivity index (χ0) is 13.1. The Hall–Kier alpha value is -2.60. The van der Waals surface area contributed by atoms with Crippen LogP contribution in [0.1, 0.15) is 0 Å². The second-order valence-electron chi connectivity index (χ2n) is 5.34. The average molecular weight is 251 g/mol. The quantitative estimate of drug-likeness (QED) is 0.321. The SMILES string of the molecule is [c]1ccc2cc3ccccc3c3c2c1-c1ccccc1-3. The maximum atomic E-state index is 3.43. The molecule has 20 heavy (non-hydrogen) atoms. The minimum Gasteiger partial charge on any atom is -0.0616 e. The molecule has 0 heterocycles. The first-order chi connectivity index (χ1) is 9.93. The standard InChI is InChI=1S/C20H11/c1-2-8-15-13(6-1)12-14-7-5-11-17-16-9-3-4-10-18(16)20(15)19(14)17/h1-10,12H. The molecular weight excluding hydrogens is 240 g/mol. The monoisotopic (exact) mass is 251 g/mol. The molecule has 5 rings (SSSR count). The largest absolute Gasteiger partial charge is 0.0616 e. The number of rotatable bonds is 0. The van der Waals surface area contributed by atoms with Gasteiger partial charge >= 0.3 is 0 Å². The summed E-state index contributed by atoms with van der Waals surface area (Å²) in [7, 11) is 0. The Bertz CT molecular complexity index is 993. The van der Waals surface area contributed by atoms with E-state index in [9.17, 15) is 0 Å². The minimum atomic E-state index is 1.25. The summed E-state index contributed by atoms with van der Waals surface area (Å²) in [6.07, 6.45) is 0. The molecule has 0 heteroatoms. The highest BCUT2D eigenvalue weighted by Crippen LogP contribution is 2.49. The number of hydrogen-bond donors (Lipinski definition) is 0. The van der Waals surface area contributed by atoms with Crippen molar-refractivity contribution in [3.63, 3.8) is 0 Å². The van der Waals surface area contributed by atoms with Gasteiger partial charge in [-0.1, -0.05) is 60.7 Å². The van der Waals surface area contributed by atoms with Gasteiger partial charge in [0.15, 0.2) is 0 Å². The molecule has 4 aromatic carbocycles. The number of hydrogen-bond acceptors (Lipinski definition) is 0. The summed E-state index contributed by atoms with van der Waals surface area (Å²) >= 11 is 0. The third-order valence-electron chi connectivity index (χ3n) is 4.29. The van der Waals surface area contributed by atoms with Gasteiger partial charge in [0.1, 0.15) is 0 Å². The fraction of sp³-hybridized carbons (Fsp3) is 0. The first-order valence-electron chi connectivity index (χ1n) is 6.89. The Morgan fingerprint density at radius 1 is 0.700 bits per heavy atom. The molecule has 91 valence electrons. The van der Waals surface area contributed by atoms with E-state index >= 15 is 0 Å². The maximum absolute atomic E-state index is 3.43. The maximum Gasteiger partial charge on any atom is -0.00137 e. The molecule has 1 aliphatic carbocycles. The normalized spacial score (nSPS) is 12.0. The summed E-state index contributed by atoms with van der Waals surface area (Å²) in [6.45, 7) is 0. The Morgan fingerprint density at radius 3 is 2.45 bits per heavy atom. The van der Waals surface area contributed by atoms with E-state index in [1.54, 1.807) is 0 Å². The predicted octanol–water partition coefficient (Wildman–Crippen LogP) is 5.44. The van der Waals surface area contributed by atoms with Gasteiger partial charge in [-0.3, -0.25) is 0 Å². The molecule has 0 saturated heterocycles. The molecule has 1 aliphatic rings. The topological polar surface area (TPSA) is 0 Å². The van der Waals surface area contributed by atoms with Crippen molar-refractivity contribution in [3.8, 4) is 22.3 Å². The molecule has 0 saturated carbocycles. The molecule has 1 radical (unpaired) electrons. The van der Waals surface area contributed by atoms with Gasteiger partial charge in [-0.15, -0.1) is 0 Å². The summed E-state index contributed by atoms with van der Waals surface area (Å²) in [6, 6.07) is 27.2. The molecule has 0 amide bonds. The summed E-state index contributed by atoms with van der Waals surface area (Å²) in [5, 5.41) is 5.31. The second-order valence-corrected chi connectivity index (χ2v) is 5.34. The van der Waals surface area contributed by atoms with Crippen LogP contribution in [0, 0.1) is 6.07 Å². The molecule has 0 bridgehead atoms. The Kier molecular flexibility index (Phi) is 1.78. The Balaban J connectivity index is 2.15. The Labute approximate surface area is 117 Å². The molecule has 0 N–H and O–H groups in total. The zero-order valence-corrected chi connectivity index (χ0v) is 10.9. The summed E-state index contributed by atoms with van der Waals surface area (Å²) < 4.78 is 0. The molecule has 0 unspecified atom stereocenters. The van der Waals surface area contributed by atoms with Gasteiger partial charge in [0.25, 0.3) is 0 Å². The van der Waals surface area contributed by atoms with Gasteiger partial charge in [0, 0.05) is 0 Å². The van der Waals surface area contributed by atoms with Crippen LogP contribution in [0.5, 0.6) is 0 Å². The summed E-state index contributed by atoms with van der Waals surface area (Å²) in [5.74, 6) is 0. The van der Waals surface area contributed by atoms with Gasteiger partial charge in [-0.25, -0.2) is 0 Å². The molecule has 4 aromatic rings. The second kappa shape index (κ2) is 3.49. The van der Waals surface area contributed by atoms with Crippen LogP contribution in [0.15, 0.2) is 66.7 Å². The lowest BCUT2D eigenvalue weighted by atomic mass is 9.96. The van der Waals surface area contributed by atoms with Crippen LogP contribution in [-0.2, 0) is 0 Å². The van der Waals surface area contributed by atoms with E-state index in [1.165, 1.54) is 43.8 Å². The van der Waals surface area contributed by atoms with E-state index in [0.29, 0.717) is 0 Å². The Morgan fingerprint density at radius 2 is 1.50 bits per heavy atom. The van der Waals surface area contributed by atoms with Gasteiger partial charge < -0.3 is 0 Å². The summed E-state index contributed by atoms with van der Waals surface area (Å²) in [5.41, 5.74) is 5.27. The van der Waals surface area contributed by atoms with E-state index in [4.69, 9.17) is 0 Å². The molecule has 0 aliphatic heterocycles. The molecule has 0 aromatic heterocycles. The van der Waals surface area contributed by atoms with Crippen LogP contribution < -0.4 is 0 Å². The highest BCUT2D eigenvalue weighted by atomic mass is 14.2. The smallest absolute Gasteiger partial charge is 0.00137 e. The van der Waals surface area contributed by atoms with E-state index in [-0.39, 0.29) is 0 Å². The van der Waals surface area contributed by atoms with E-state index in [1.807, 2.05) is 6.07 Å². The van der Waals surface area contributed by atoms with Gasteiger partial charge in [-0.2, -0.15) is 0 Å². The fourth-order valence-corrected chi connectivity index (χ4v) is 3.47. The van der Waals surface area contributed by atoms with E-state index in [2.05, 4.69) is 66.7 Å². The molecular formula is C20H11. The minimum absolute atomic E-state index is 1.25. The third kappa shape index (κ3) is 1.12. The number of benzene rings is 4. The molecule has 0 nitrogen and oxygen atoms in total. The van der Waals surface area contributed by atoms with Crippen LogP contribution in [0.2, 0.25) is 0 Å². The van der Waals surface area contributed by atoms with Crippen LogP contribution >= 0.6 is 0 Å². The van der Waals surface area contributed by atoms with Crippen molar-refractivity contribution in [1.82, 2.24) is 0 Å². The predicted molar refractivity (Wildman–Crippen MR) is 84.7 cm³/mol. The first kappa shape index (κ1) is 10.2. The third-order valence-corrected chi connectivity index (χ3v) is 4.29. The average Bonchev–Trinajstić information content (AvgIpc) is 2.85. The van der Waals surface area contributed by atoms with Crippen LogP contribution in [0.4, 0.5) is 0 Å². The van der Waals surface area contributed by atoms with E-state index in [0.717, 1.165) is 0 Å². The van der Waals surface area contributed by atoms with Crippen molar-refractivity contribution in [1.29, 1.82) is 0 Å². The zero-order valence-electron chi connectivity index (χ0n) is 10.9. The van der Waals surface area contributed by atoms with Crippen LogP contribution in [0.3, 0.4) is 0 Å². The molecule has 0 spiro atoms. The number of fused-ring (bicyclic) bond motifs is 5. The van der Waals surface area contributed by atoms with Gasteiger partial charge in [-0.05, 0) is 55.9 Å². The molecule has 0 atom stereocenters. The highest BCUT2D eigenvalue weighted by Gasteiger charge is 2.22. The van der Waals surface area contributed by atoms with Crippen molar-refractivity contribution in [2.75, 3.05) is 0 Å². The van der Waals surface area contributed by atoms with Crippen molar-refractivity contribution in [2.24, 2.45) is 0 Å². The van der Waals surface area contributed by atoms with Crippen LogP contribution in [0.25, 0.3) is 43.8 Å². The highest BCUT2D eigenvalue weighted by molar-refractivity contribution is 6.23. The molecule has 0 fully saturated rings. The van der Waals surface area contributed by atoms with Crippen molar-refractivity contribution >= 4 is 21.5 Å². The van der Waals surface area contributed by atoms with Crippen molar-refractivity contribution in [2.45, 2.75) is 0 Å². The van der Waals surface area contributed by atoms with Crippen molar-refractivity contribution < 1.29 is 0 Å². The summed E-state index contributed by atoms with van der Waals surface area (Å²) in [4.78, 5) is 0.